The topological polar surface area (TPSA) is 19.0 Å². The normalized spacial score (nSPS) is 18.9. The maximum atomic E-state index is 3.41. The average Bonchev–Trinajstić information content (AvgIpc) is 2.85. The van der Waals surface area contributed by atoms with Crippen molar-refractivity contribution in [1.82, 2.24) is 9.88 Å². The Morgan fingerprint density at radius 1 is 1.10 bits per heavy atom. The van der Waals surface area contributed by atoms with E-state index in [1.807, 2.05) is 0 Å². The molecular weight excluding hydrogens is 256 g/mol. The lowest BCUT2D eigenvalue weighted by Gasteiger charge is -2.32. The lowest BCUT2D eigenvalue weighted by molar-refractivity contribution is 0.295. The lowest BCUT2D eigenvalue weighted by Crippen LogP contribution is -2.30. The number of aryl methyl sites for hydroxylation is 1. The monoisotopic (exact) mass is 276 g/mol. The number of nitrogens with zero attached hydrogens (tertiary/aromatic N) is 1. The summed E-state index contributed by atoms with van der Waals surface area (Å²) in [5.74, 6) is 0.472. The molecule has 2 aromatic carbocycles. The van der Waals surface area contributed by atoms with Gasteiger partial charge in [-0.05, 0) is 54.2 Å². The Kier molecular flexibility index (Phi) is 2.86. The lowest BCUT2D eigenvalue weighted by atomic mass is 9.84. The molecule has 1 aromatic heterocycles. The number of rotatable bonds is 1. The zero-order chi connectivity index (χ0) is 14.4. The fraction of sp³-hybridized carbons (Fsp3) is 0.263. The van der Waals surface area contributed by atoms with E-state index < -0.39 is 0 Å². The van der Waals surface area contributed by atoms with Crippen molar-refractivity contribution in [3.05, 3.63) is 70.9 Å². The van der Waals surface area contributed by atoms with Gasteiger partial charge in [-0.3, -0.25) is 0 Å². The van der Waals surface area contributed by atoms with E-state index in [0.29, 0.717) is 5.92 Å². The van der Waals surface area contributed by atoms with Gasteiger partial charge in [-0.1, -0.05) is 30.3 Å². The molecule has 106 valence electrons. The number of H-pyrrole nitrogens is 1. The summed E-state index contributed by atoms with van der Waals surface area (Å²) in [7, 11) is 2.21. The average molecular weight is 276 g/mol. The summed E-state index contributed by atoms with van der Waals surface area (Å²) in [5, 5.41) is 1.32. The Morgan fingerprint density at radius 3 is 2.86 bits per heavy atom. The predicted octanol–water partition coefficient (Wildman–Crippen LogP) is 4.05. The molecule has 0 spiro atoms. The molecule has 1 aliphatic rings. The van der Waals surface area contributed by atoms with Crippen LogP contribution in [0.25, 0.3) is 10.9 Å². The standard InChI is InChI=1S/C19H20N2/c1-13-9-16-10-14(7-8-19(16)20-13)18-12-21(2)11-15-5-3-4-6-17(15)18/h3-10,18,20H,11-12H2,1-2H3. The Balaban J connectivity index is 1.84. The fourth-order valence-corrected chi connectivity index (χ4v) is 3.58. The Bertz CT molecular complexity index is 800. The van der Waals surface area contributed by atoms with Crippen LogP contribution < -0.4 is 0 Å². The molecule has 2 nitrogen and oxygen atoms in total. The molecule has 0 radical (unpaired) electrons. The summed E-state index contributed by atoms with van der Waals surface area (Å²) in [6.45, 7) is 4.26. The van der Waals surface area contributed by atoms with Gasteiger partial charge in [0.05, 0.1) is 0 Å². The molecule has 2 heterocycles. The molecule has 0 bridgehead atoms. The maximum Gasteiger partial charge on any atom is 0.0456 e. The van der Waals surface area contributed by atoms with E-state index in [-0.39, 0.29) is 0 Å². The third kappa shape index (κ3) is 2.16. The second-order valence-corrected chi connectivity index (χ2v) is 6.25. The first-order valence-corrected chi connectivity index (χ1v) is 7.56. The number of likely N-dealkylation sites (N-methyl/N-ethyl adjacent to an activating group) is 1. The fourth-order valence-electron chi connectivity index (χ4n) is 3.58. The molecule has 4 rings (SSSR count). The van der Waals surface area contributed by atoms with Gasteiger partial charge in [0, 0.05) is 30.2 Å². The minimum absolute atomic E-state index is 0.472. The quantitative estimate of drug-likeness (QED) is 0.710. The van der Waals surface area contributed by atoms with Crippen LogP contribution in [-0.2, 0) is 6.54 Å². The highest BCUT2D eigenvalue weighted by atomic mass is 15.1. The second-order valence-electron chi connectivity index (χ2n) is 6.25. The number of aromatic nitrogens is 1. The molecule has 1 N–H and O–H groups in total. The van der Waals surface area contributed by atoms with Crippen molar-refractivity contribution in [3.63, 3.8) is 0 Å². The first-order chi connectivity index (χ1) is 10.2. The van der Waals surface area contributed by atoms with E-state index in [1.165, 1.54) is 33.3 Å². The van der Waals surface area contributed by atoms with Gasteiger partial charge in [-0.2, -0.15) is 0 Å². The molecule has 2 heteroatoms. The highest BCUT2D eigenvalue weighted by molar-refractivity contribution is 5.81. The molecule has 3 aromatic rings. The highest BCUT2D eigenvalue weighted by Gasteiger charge is 2.24. The first-order valence-electron chi connectivity index (χ1n) is 7.56. The number of hydrogen-bond donors (Lipinski definition) is 1. The molecule has 1 unspecified atom stereocenters. The van der Waals surface area contributed by atoms with Gasteiger partial charge in [0.1, 0.15) is 0 Å². The van der Waals surface area contributed by atoms with Crippen LogP contribution in [0.4, 0.5) is 0 Å². The van der Waals surface area contributed by atoms with Crippen LogP contribution in [0.3, 0.4) is 0 Å². The van der Waals surface area contributed by atoms with Gasteiger partial charge in [-0.15, -0.1) is 0 Å². The van der Waals surface area contributed by atoms with Gasteiger partial charge in [-0.25, -0.2) is 0 Å². The number of fused-ring (bicyclic) bond motifs is 2. The van der Waals surface area contributed by atoms with E-state index in [2.05, 4.69) is 72.4 Å². The zero-order valence-electron chi connectivity index (χ0n) is 12.6. The Morgan fingerprint density at radius 2 is 1.95 bits per heavy atom. The van der Waals surface area contributed by atoms with Crippen LogP contribution in [0.2, 0.25) is 0 Å². The van der Waals surface area contributed by atoms with Crippen molar-refractivity contribution in [2.24, 2.45) is 0 Å². The number of aromatic amines is 1. The summed E-state index contributed by atoms with van der Waals surface area (Å²) >= 11 is 0. The summed E-state index contributed by atoms with van der Waals surface area (Å²) < 4.78 is 0. The molecule has 0 saturated heterocycles. The Hall–Kier alpha value is -2.06. The van der Waals surface area contributed by atoms with Crippen molar-refractivity contribution >= 4 is 10.9 Å². The molecule has 21 heavy (non-hydrogen) atoms. The summed E-state index contributed by atoms with van der Waals surface area (Å²) in [6.07, 6.45) is 0. The number of benzene rings is 2. The molecule has 0 fully saturated rings. The van der Waals surface area contributed by atoms with Crippen LogP contribution in [0, 0.1) is 6.92 Å². The van der Waals surface area contributed by atoms with Crippen molar-refractivity contribution in [3.8, 4) is 0 Å². The molecule has 1 atom stereocenters. The maximum absolute atomic E-state index is 3.41. The minimum atomic E-state index is 0.472. The van der Waals surface area contributed by atoms with E-state index in [9.17, 15) is 0 Å². The van der Waals surface area contributed by atoms with E-state index in [0.717, 1.165) is 13.1 Å². The van der Waals surface area contributed by atoms with Gasteiger partial charge >= 0.3 is 0 Å². The summed E-state index contributed by atoms with van der Waals surface area (Å²) in [6, 6.07) is 17.9. The van der Waals surface area contributed by atoms with Crippen LogP contribution in [-0.4, -0.2) is 23.5 Å². The van der Waals surface area contributed by atoms with Gasteiger partial charge < -0.3 is 9.88 Å². The minimum Gasteiger partial charge on any atom is -0.359 e. The predicted molar refractivity (Wildman–Crippen MR) is 87.7 cm³/mol. The zero-order valence-corrected chi connectivity index (χ0v) is 12.6. The smallest absolute Gasteiger partial charge is 0.0456 e. The molecule has 0 aliphatic carbocycles. The second kappa shape index (κ2) is 4.74. The van der Waals surface area contributed by atoms with Crippen LogP contribution in [0.15, 0.2) is 48.5 Å². The SMILES string of the molecule is Cc1cc2cc(C3CN(C)Cc4ccccc43)ccc2[nH]1. The van der Waals surface area contributed by atoms with Gasteiger partial charge in [0.25, 0.3) is 0 Å². The largest absolute Gasteiger partial charge is 0.359 e. The van der Waals surface area contributed by atoms with E-state index >= 15 is 0 Å². The van der Waals surface area contributed by atoms with Gasteiger partial charge in [0.15, 0.2) is 0 Å². The first kappa shape index (κ1) is 12.7. The van der Waals surface area contributed by atoms with Crippen LogP contribution in [0.5, 0.6) is 0 Å². The number of nitrogens with one attached hydrogen (secondary N) is 1. The van der Waals surface area contributed by atoms with Crippen molar-refractivity contribution in [2.75, 3.05) is 13.6 Å². The third-order valence-electron chi connectivity index (χ3n) is 4.55. The third-order valence-corrected chi connectivity index (χ3v) is 4.55. The van der Waals surface area contributed by atoms with Crippen molar-refractivity contribution in [1.29, 1.82) is 0 Å². The molecule has 0 saturated carbocycles. The van der Waals surface area contributed by atoms with Gasteiger partial charge in [0.2, 0.25) is 0 Å². The molecule has 0 amide bonds. The number of hydrogen-bond acceptors (Lipinski definition) is 1. The highest BCUT2D eigenvalue weighted by Crippen LogP contribution is 2.34. The van der Waals surface area contributed by atoms with Crippen LogP contribution >= 0.6 is 0 Å². The van der Waals surface area contributed by atoms with E-state index in [1.54, 1.807) is 0 Å². The summed E-state index contributed by atoms with van der Waals surface area (Å²) in [4.78, 5) is 5.82. The summed E-state index contributed by atoms with van der Waals surface area (Å²) in [5.41, 5.74) is 6.82. The molecule has 1 aliphatic heterocycles. The van der Waals surface area contributed by atoms with Crippen molar-refractivity contribution in [2.45, 2.75) is 19.4 Å². The van der Waals surface area contributed by atoms with E-state index in [4.69, 9.17) is 0 Å². The Labute approximate surface area is 125 Å². The molecular formula is C19H20N2. The van der Waals surface area contributed by atoms with Crippen LogP contribution in [0.1, 0.15) is 28.3 Å². The van der Waals surface area contributed by atoms with Crippen molar-refractivity contribution < 1.29 is 0 Å².